The molecule has 0 aliphatic carbocycles. The Kier molecular flexibility index (Phi) is 4.76. The van der Waals surface area contributed by atoms with Crippen LogP contribution in [0.4, 0.5) is 0 Å². The molecule has 20 heavy (non-hydrogen) atoms. The van der Waals surface area contributed by atoms with Crippen LogP contribution in [0.25, 0.3) is 0 Å². The van der Waals surface area contributed by atoms with Gasteiger partial charge in [0, 0.05) is 25.1 Å². The molecule has 1 saturated heterocycles. The number of carboxylic acid groups (broad SMARTS) is 1. The van der Waals surface area contributed by atoms with Gasteiger partial charge in [-0.3, -0.25) is 9.59 Å². The summed E-state index contributed by atoms with van der Waals surface area (Å²) in [5.41, 5.74) is 0.634. The zero-order valence-corrected chi connectivity index (χ0v) is 11.7. The summed E-state index contributed by atoms with van der Waals surface area (Å²) in [5, 5.41) is 12.6. The van der Waals surface area contributed by atoms with E-state index >= 15 is 0 Å². The highest BCUT2D eigenvalue weighted by Gasteiger charge is 2.27. The van der Waals surface area contributed by atoms with Gasteiger partial charge in [0.1, 0.15) is 5.76 Å². The molecule has 0 spiro atoms. The Bertz CT molecular complexity index is 483. The van der Waals surface area contributed by atoms with E-state index in [9.17, 15) is 9.59 Å². The predicted octanol–water partition coefficient (Wildman–Crippen LogP) is 1.77. The summed E-state index contributed by atoms with van der Waals surface area (Å²) in [6.07, 6.45) is 3.78. The van der Waals surface area contributed by atoms with Gasteiger partial charge in [-0.2, -0.15) is 0 Å². The molecule has 1 aliphatic rings. The molecule has 1 aromatic rings. The number of hydrogen-bond acceptors (Lipinski definition) is 4. The van der Waals surface area contributed by atoms with E-state index in [1.807, 2.05) is 4.90 Å². The molecular formula is C14H20N2O4. The normalized spacial score (nSPS) is 19.1. The first kappa shape index (κ1) is 14.6. The Morgan fingerprint density at radius 2 is 2.30 bits per heavy atom. The first-order valence-electron chi connectivity index (χ1n) is 6.99. The van der Waals surface area contributed by atoms with E-state index in [1.165, 1.54) is 0 Å². The number of piperidine rings is 1. The molecule has 2 rings (SSSR count). The van der Waals surface area contributed by atoms with Crippen molar-refractivity contribution in [1.82, 2.24) is 10.1 Å². The first-order valence-corrected chi connectivity index (χ1v) is 6.99. The van der Waals surface area contributed by atoms with Gasteiger partial charge in [0.05, 0.1) is 12.1 Å². The van der Waals surface area contributed by atoms with E-state index in [4.69, 9.17) is 9.63 Å². The van der Waals surface area contributed by atoms with E-state index < -0.39 is 5.97 Å². The van der Waals surface area contributed by atoms with Crippen LogP contribution < -0.4 is 0 Å². The summed E-state index contributed by atoms with van der Waals surface area (Å²) in [7, 11) is 0. The van der Waals surface area contributed by atoms with Crippen LogP contribution in [0.5, 0.6) is 0 Å². The van der Waals surface area contributed by atoms with Gasteiger partial charge < -0.3 is 14.5 Å². The topological polar surface area (TPSA) is 83.6 Å². The van der Waals surface area contributed by atoms with Crippen molar-refractivity contribution in [3.05, 3.63) is 17.5 Å². The molecule has 1 N–H and O–H groups in total. The lowest BCUT2D eigenvalue weighted by atomic mass is 9.97. The summed E-state index contributed by atoms with van der Waals surface area (Å²) >= 11 is 0. The van der Waals surface area contributed by atoms with Crippen LogP contribution >= 0.6 is 0 Å². The summed E-state index contributed by atoms with van der Waals surface area (Å²) in [4.78, 5) is 24.8. The van der Waals surface area contributed by atoms with Gasteiger partial charge in [-0.15, -0.1) is 0 Å². The minimum atomic E-state index is -0.810. The SMILES string of the molecule is Cc1cc(CC(=O)N2CCCCC2CCC(=O)O)no1. The Morgan fingerprint density at radius 3 is 2.95 bits per heavy atom. The lowest BCUT2D eigenvalue weighted by molar-refractivity contribution is -0.139. The highest BCUT2D eigenvalue weighted by molar-refractivity contribution is 5.78. The maximum atomic E-state index is 12.3. The van der Waals surface area contributed by atoms with Crippen molar-refractivity contribution in [3.8, 4) is 0 Å². The molecule has 1 fully saturated rings. The second kappa shape index (κ2) is 6.54. The van der Waals surface area contributed by atoms with Gasteiger partial charge in [-0.1, -0.05) is 5.16 Å². The molecule has 1 amide bonds. The molecular weight excluding hydrogens is 260 g/mol. The fraction of sp³-hybridized carbons (Fsp3) is 0.643. The first-order chi connectivity index (χ1) is 9.56. The fourth-order valence-electron chi connectivity index (χ4n) is 2.68. The largest absolute Gasteiger partial charge is 0.481 e. The van der Waals surface area contributed by atoms with Crippen LogP contribution in [0.15, 0.2) is 10.6 Å². The maximum absolute atomic E-state index is 12.3. The van der Waals surface area contributed by atoms with Crippen molar-refractivity contribution < 1.29 is 19.2 Å². The zero-order chi connectivity index (χ0) is 14.5. The summed E-state index contributed by atoms with van der Waals surface area (Å²) < 4.78 is 4.96. The summed E-state index contributed by atoms with van der Waals surface area (Å²) in [6, 6.07) is 1.80. The number of aliphatic carboxylic acids is 1. The van der Waals surface area contributed by atoms with Crippen molar-refractivity contribution in [3.63, 3.8) is 0 Å². The van der Waals surface area contributed by atoms with Crippen LogP contribution in [0, 0.1) is 6.92 Å². The zero-order valence-electron chi connectivity index (χ0n) is 11.7. The Labute approximate surface area is 117 Å². The molecule has 0 aromatic carbocycles. The van der Waals surface area contributed by atoms with Gasteiger partial charge in [0.25, 0.3) is 0 Å². The Morgan fingerprint density at radius 1 is 1.50 bits per heavy atom. The Hall–Kier alpha value is -1.85. The minimum absolute atomic E-state index is 0.00777. The number of carbonyl (C=O) groups is 2. The highest BCUT2D eigenvalue weighted by Crippen LogP contribution is 2.22. The molecule has 6 heteroatoms. The van der Waals surface area contributed by atoms with Gasteiger partial charge in [-0.25, -0.2) is 0 Å². The third-order valence-corrected chi connectivity index (χ3v) is 3.65. The maximum Gasteiger partial charge on any atom is 0.303 e. The monoisotopic (exact) mass is 280 g/mol. The molecule has 1 atom stereocenters. The van der Waals surface area contributed by atoms with Gasteiger partial charge in [0.2, 0.25) is 5.91 Å². The third kappa shape index (κ3) is 3.82. The molecule has 1 aromatic heterocycles. The predicted molar refractivity (Wildman–Crippen MR) is 71.2 cm³/mol. The number of aromatic nitrogens is 1. The molecule has 1 aliphatic heterocycles. The number of aryl methyl sites for hydroxylation is 1. The van der Waals surface area contributed by atoms with E-state index in [1.54, 1.807) is 13.0 Å². The standard InChI is InChI=1S/C14H20N2O4/c1-10-8-11(15-20-10)9-13(17)16-7-3-2-4-12(16)5-6-14(18)19/h8,12H,2-7,9H2,1H3,(H,18,19). The number of amides is 1. The lowest BCUT2D eigenvalue weighted by Gasteiger charge is -2.35. The second-order valence-corrected chi connectivity index (χ2v) is 5.27. The summed E-state index contributed by atoms with van der Waals surface area (Å²) in [5.74, 6) is -0.114. The fourth-order valence-corrected chi connectivity index (χ4v) is 2.68. The van der Waals surface area contributed by atoms with Crippen molar-refractivity contribution in [2.45, 2.75) is 51.5 Å². The van der Waals surface area contributed by atoms with E-state index in [2.05, 4.69) is 5.16 Å². The number of rotatable bonds is 5. The minimum Gasteiger partial charge on any atom is -0.481 e. The third-order valence-electron chi connectivity index (χ3n) is 3.65. The molecule has 6 nitrogen and oxygen atoms in total. The number of hydrogen-bond donors (Lipinski definition) is 1. The number of likely N-dealkylation sites (tertiary alicyclic amines) is 1. The molecule has 0 radical (unpaired) electrons. The van der Waals surface area contributed by atoms with Crippen molar-refractivity contribution in [2.24, 2.45) is 0 Å². The van der Waals surface area contributed by atoms with Crippen molar-refractivity contribution >= 4 is 11.9 Å². The quantitative estimate of drug-likeness (QED) is 0.888. The van der Waals surface area contributed by atoms with E-state index in [-0.39, 0.29) is 24.8 Å². The van der Waals surface area contributed by atoms with Crippen LogP contribution in [0.1, 0.15) is 43.6 Å². The molecule has 2 heterocycles. The van der Waals surface area contributed by atoms with Crippen LogP contribution in [0.3, 0.4) is 0 Å². The van der Waals surface area contributed by atoms with Gasteiger partial charge in [0.15, 0.2) is 0 Å². The van der Waals surface area contributed by atoms with E-state index in [0.29, 0.717) is 24.4 Å². The highest BCUT2D eigenvalue weighted by atomic mass is 16.5. The van der Waals surface area contributed by atoms with Crippen LogP contribution in [-0.4, -0.2) is 39.6 Å². The number of carbonyl (C=O) groups excluding carboxylic acids is 1. The molecule has 110 valence electrons. The molecule has 1 unspecified atom stereocenters. The van der Waals surface area contributed by atoms with Gasteiger partial charge in [-0.05, 0) is 32.6 Å². The number of carboxylic acids is 1. The second-order valence-electron chi connectivity index (χ2n) is 5.27. The molecule has 0 saturated carbocycles. The van der Waals surface area contributed by atoms with Crippen LogP contribution in [0.2, 0.25) is 0 Å². The average Bonchev–Trinajstić information content (AvgIpc) is 2.82. The van der Waals surface area contributed by atoms with Crippen molar-refractivity contribution in [1.29, 1.82) is 0 Å². The number of nitrogens with zero attached hydrogens (tertiary/aromatic N) is 2. The smallest absolute Gasteiger partial charge is 0.303 e. The van der Waals surface area contributed by atoms with E-state index in [0.717, 1.165) is 19.3 Å². The van der Waals surface area contributed by atoms with Gasteiger partial charge >= 0.3 is 5.97 Å². The van der Waals surface area contributed by atoms with Crippen molar-refractivity contribution in [2.75, 3.05) is 6.54 Å². The lowest BCUT2D eigenvalue weighted by Crippen LogP contribution is -2.44. The summed E-state index contributed by atoms with van der Waals surface area (Å²) in [6.45, 7) is 2.50. The van der Waals surface area contributed by atoms with Crippen LogP contribution in [-0.2, 0) is 16.0 Å². The average molecular weight is 280 g/mol. The Balaban J connectivity index is 1.95. The molecule has 0 bridgehead atoms.